The number of halogens is 3. The van der Waals surface area contributed by atoms with E-state index in [1.165, 1.54) is 24.3 Å². The van der Waals surface area contributed by atoms with Gasteiger partial charge in [-0.3, -0.25) is 4.79 Å². The Hall–Kier alpha value is -2.66. The summed E-state index contributed by atoms with van der Waals surface area (Å²) in [5.41, 5.74) is 1.04. The van der Waals surface area contributed by atoms with Crippen LogP contribution in [-0.4, -0.2) is 36.2 Å². The van der Waals surface area contributed by atoms with Gasteiger partial charge in [0.1, 0.15) is 4.88 Å². The predicted molar refractivity (Wildman–Crippen MR) is 97.5 cm³/mol. The van der Waals surface area contributed by atoms with Crippen molar-refractivity contribution in [1.82, 2.24) is 10.3 Å². The topological polar surface area (TPSA) is 92.4 Å². The number of nitrogens with one attached hydrogen (secondary N) is 3. The summed E-state index contributed by atoms with van der Waals surface area (Å²) in [6, 6.07) is 5.57. The molecule has 3 rings (SSSR count). The average molecular weight is 414 g/mol. The van der Waals surface area contributed by atoms with Crippen molar-refractivity contribution >= 4 is 34.6 Å². The summed E-state index contributed by atoms with van der Waals surface area (Å²) < 4.78 is 44.0. The minimum Gasteiger partial charge on any atom is -0.376 e. The van der Waals surface area contributed by atoms with Gasteiger partial charge in [0.25, 0.3) is 5.91 Å². The highest BCUT2D eigenvalue weighted by molar-refractivity contribution is 7.10. The molecule has 1 fully saturated rings. The van der Waals surface area contributed by atoms with Crippen LogP contribution in [0, 0.1) is 0 Å². The lowest BCUT2D eigenvalue weighted by Crippen LogP contribution is -2.35. The first kappa shape index (κ1) is 20.1. The van der Waals surface area contributed by atoms with E-state index in [9.17, 15) is 22.8 Å². The quantitative estimate of drug-likeness (QED) is 0.695. The lowest BCUT2D eigenvalue weighted by molar-refractivity contribution is -0.134. The van der Waals surface area contributed by atoms with Gasteiger partial charge in [-0.05, 0) is 37.1 Å². The summed E-state index contributed by atoms with van der Waals surface area (Å²) in [5.74, 6) is -0.955. The number of alkyl halides is 3. The van der Waals surface area contributed by atoms with Crippen LogP contribution in [-0.2, 0) is 10.9 Å². The maximum atomic E-state index is 12.9. The van der Waals surface area contributed by atoms with Crippen molar-refractivity contribution in [2.24, 2.45) is 0 Å². The van der Waals surface area contributed by atoms with Crippen molar-refractivity contribution in [3.8, 4) is 0 Å². The zero-order chi connectivity index (χ0) is 20.1. The molecule has 0 bridgehead atoms. The van der Waals surface area contributed by atoms with Crippen LogP contribution in [0.15, 0.2) is 29.8 Å². The Morgan fingerprint density at radius 2 is 1.86 bits per heavy atom. The molecule has 3 N–H and O–H groups in total. The first-order valence-corrected chi connectivity index (χ1v) is 9.29. The minimum absolute atomic E-state index is 0.0237. The summed E-state index contributed by atoms with van der Waals surface area (Å²) in [4.78, 5) is 26.4. The van der Waals surface area contributed by atoms with Gasteiger partial charge < -0.3 is 20.7 Å². The molecule has 11 heteroatoms. The lowest BCUT2D eigenvalue weighted by Gasteiger charge is -2.12. The average Bonchev–Trinajstić information content (AvgIpc) is 3.33. The Morgan fingerprint density at radius 3 is 2.46 bits per heavy atom. The van der Waals surface area contributed by atoms with E-state index in [1.54, 1.807) is 0 Å². The molecule has 2 heterocycles. The number of thiazole rings is 1. The minimum atomic E-state index is -4.64. The fraction of sp³-hybridized carbons (Fsp3) is 0.353. The van der Waals surface area contributed by atoms with E-state index >= 15 is 0 Å². The van der Waals surface area contributed by atoms with Gasteiger partial charge in [0.05, 0.1) is 11.6 Å². The molecule has 1 aliphatic heterocycles. The molecule has 7 nitrogen and oxygen atoms in total. The molecule has 0 unspecified atom stereocenters. The molecule has 1 saturated heterocycles. The molecule has 0 saturated carbocycles. The second kappa shape index (κ2) is 8.57. The van der Waals surface area contributed by atoms with Crippen molar-refractivity contribution in [3.05, 3.63) is 40.3 Å². The summed E-state index contributed by atoms with van der Waals surface area (Å²) in [5, 5.41) is 7.69. The smallest absolute Gasteiger partial charge is 0.376 e. The fourth-order valence-corrected chi connectivity index (χ4v) is 3.28. The van der Waals surface area contributed by atoms with Crippen LogP contribution in [0.4, 0.5) is 29.3 Å². The summed E-state index contributed by atoms with van der Waals surface area (Å²) in [6.07, 6.45) is -2.73. The first-order chi connectivity index (χ1) is 13.3. The van der Waals surface area contributed by atoms with Crippen LogP contribution in [0.5, 0.6) is 0 Å². The molecule has 1 aliphatic rings. The molecular weight excluding hydrogens is 397 g/mol. The van der Waals surface area contributed by atoms with Crippen LogP contribution in [0.25, 0.3) is 0 Å². The van der Waals surface area contributed by atoms with E-state index in [2.05, 4.69) is 20.9 Å². The van der Waals surface area contributed by atoms with Crippen molar-refractivity contribution in [3.63, 3.8) is 0 Å². The van der Waals surface area contributed by atoms with E-state index in [0.29, 0.717) is 30.2 Å². The molecule has 0 spiro atoms. The second-order valence-corrected chi connectivity index (χ2v) is 6.88. The number of anilines is 2. The van der Waals surface area contributed by atoms with E-state index in [1.807, 2.05) is 0 Å². The number of nitrogens with zero attached hydrogens (tertiary/aromatic N) is 1. The third-order valence-electron chi connectivity index (χ3n) is 3.95. The van der Waals surface area contributed by atoms with Gasteiger partial charge >= 0.3 is 12.2 Å². The maximum absolute atomic E-state index is 12.9. The Balaban J connectivity index is 1.53. The molecule has 0 radical (unpaired) electrons. The van der Waals surface area contributed by atoms with Gasteiger partial charge in [-0.2, -0.15) is 13.2 Å². The summed E-state index contributed by atoms with van der Waals surface area (Å²) in [6.45, 7) is 1.11. The molecular formula is C17H17F3N4O3S. The van der Waals surface area contributed by atoms with Crippen LogP contribution in [0.2, 0.25) is 0 Å². The number of hydrogen-bond acceptors (Lipinski definition) is 5. The number of amides is 3. The highest BCUT2D eigenvalue weighted by atomic mass is 32.1. The summed E-state index contributed by atoms with van der Waals surface area (Å²) in [7, 11) is 0. The van der Waals surface area contributed by atoms with E-state index in [-0.39, 0.29) is 11.8 Å². The van der Waals surface area contributed by atoms with Crippen molar-refractivity contribution in [1.29, 1.82) is 0 Å². The number of urea groups is 1. The van der Waals surface area contributed by atoms with Crippen LogP contribution >= 0.6 is 11.3 Å². The number of hydrogen-bond donors (Lipinski definition) is 3. The molecule has 28 heavy (non-hydrogen) atoms. The number of carbonyl (C=O) groups is 2. The maximum Gasteiger partial charge on any atom is 0.427 e. The van der Waals surface area contributed by atoms with Crippen LogP contribution in [0.3, 0.4) is 0 Å². The number of rotatable bonds is 5. The number of carbonyl (C=O) groups excluding carboxylic acids is 2. The van der Waals surface area contributed by atoms with Crippen LogP contribution in [0.1, 0.15) is 28.2 Å². The standard InChI is InChI=1S/C17H17F3N4O3S/c18-17(19,20)14-13(22-9-28-14)15(25)23-10-3-5-11(6-4-10)24-16(26)21-8-12-2-1-7-27-12/h3-6,9,12H,1-2,7-8H2,(H,23,25)(H2,21,24,26)/t12-/m0/s1. The van der Waals surface area contributed by atoms with Crippen molar-refractivity contribution < 1.29 is 27.5 Å². The zero-order valence-electron chi connectivity index (χ0n) is 14.5. The number of ether oxygens (including phenoxy) is 1. The normalized spacial score (nSPS) is 16.6. The van der Waals surface area contributed by atoms with Gasteiger partial charge in [0.2, 0.25) is 0 Å². The fourth-order valence-electron chi connectivity index (χ4n) is 2.62. The van der Waals surface area contributed by atoms with Gasteiger partial charge in [0, 0.05) is 24.5 Å². The Labute approximate surface area is 162 Å². The molecule has 1 atom stereocenters. The van der Waals surface area contributed by atoms with Crippen molar-refractivity contribution in [2.45, 2.75) is 25.1 Å². The van der Waals surface area contributed by atoms with Gasteiger partial charge in [0.15, 0.2) is 5.69 Å². The van der Waals surface area contributed by atoms with E-state index in [4.69, 9.17) is 4.74 Å². The third-order valence-corrected chi connectivity index (χ3v) is 4.83. The molecule has 0 aliphatic carbocycles. The largest absolute Gasteiger partial charge is 0.427 e. The number of aromatic nitrogens is 1. The van der Waals surface area contributed by atoms with E-state index in [0.717, 1.165) is 18.4 Å². The monoisotopic (exact) mass is 414 g/mol. The highest BCUT2D eigenvalue weighted by Crippen LogP contribution is 2.35. The SMILES string of the molecule is O=C(NC[C@@H]1CCCO1)Nc1ccc(NC(=O)c2ncsc2C(F)(F)F)cc1. The predicted octanol–water partition coefficient (Wildman–Crippen LogP) is 3.71. The molecule has 2 aromatic rings. The Morgan fingerprint density at radius 1 is 1.18 bits per heavy atom. The van der Waals surface area contributed by atoms with E-state index < -0.39 is 28.7 Å². The summed E-state index contributed by atoms with van der Waals surface area (Å²) >= 11 is 0.358. The molecule has 150 valence electrons. The number of benzene rings is 1. The lowest BCUT2D eigenvalue weighted by atomic mass is 10.2. The Bertz CT molecular complexity index is 833. The third kappa shape index (κ3) is 5.20. The van der Waals surface area contributed by atoms with Crippen LogP contribution < -0.4 is 16.0 Å². The van der Waals surface area contributed by atoms with Crippen molar-refractivity contribution in [2.75, 3.05) is 23.8 Å². The first-order valence-electron chi connectivity index (χ1n) is 8.41. The molecule has 3 amide bonds. The van der Waals surface area contributed by atoms with Gasteiger partial charge in [-0.15, -0.1) is 11.3 Å². The second-order valence-electron chi connectivity index (χ2n) is 6.03. The Kier molecular flexibility index (Phi) is 6.15. The molecule has 1 aromatic heterocycles. The van der Waals surface area contributed by atoms with Gasteiger partial charge in [-0.1, -0.05) is 0 Å². The molecule has 1 aromatic carbocycles. The van der Waals surface area contributed by atoms with Gasteiger partial charge in [-0.25, -0.2) is 9.78 Å². The highest BCUT2D eigenvalue weighted by Gasteiger charge is 2.38. The zero-order valence-corrected chi connectivity index (χ0v) is 15.3.